The van der Waals surface area contributed by atoms with Crippen LogP contribution in [0.15, 0.2) is 23.3 Å². The van der Waals surface area contributed by atoms with E-state index in [0.29, 0.717) is 0 Å². The Balaban J connectivity index is 4.49. The summed E-state index contributed by atoms with van der Waals surface area (Å²) in [5.41, 5.74) is 1.62. The molecule has 18 heavy (non-hydrogen) atoms. The van der Waals surface area contributed by atoms with Crippen molar-refractivity contribution in [3.8, 4) is 6.07 Å². The van der Waals surface area contributed by atoms with Crippen molar-refractivity contribution in [2.75, 3.05) is 7.05 Å². The van der Waals surface area contributed by atoms with Crippen LogP contribution in [0.1, 0.15) is 47.0 Å². The highest BCUT2D eigenvalue weighted by Crippen LogP contribution is 2.28. The maximum atomic E-state index is 11.4. The number of carbonyl (C=O) groups is 1. The number of hydrogen-bond acceptors (Lipinski definition) is 2. The number of nitrogens with zero attached hydrogens (tertiary/aromatic N) is 1. The van der Waals surface area contributed by atoms with Gasteiger partial charge in [-0.2, -0.15) is 5.26 Å². The summed E-state index contributed by atoms with van der Waals surface area (Å²) in [6, 6.07) is 1.94. The number of carbonyl (C=O) groups excluding carboxylic acids is 1. The molecule has 0 fully saturated rings. The molecule has 0 aromatic heterocycles. The molecule has 3 heteroatoms. The van der Waals surface area contributed by atoms with Crippen molar-refractivity contribution in [1.82, 2.24) is 5.32 Å². The fraction of sp³-hybridized carbons (Fsp3) is 0.600. The number of likely N-dealkylation sites (N-methyl/N-ethyl adjacent to an activating group) is 1. The second-order valence-electron chi connectivity index (χ2n) is 5.50. The number of nitrogens with one attached hydrogen (secondary N) is 1. The molecule has 100 valence electrons. The van der Waals surface area contributed by atoms with Gasteiger partial charge in [0.25, 0.3) is 5.91 Å². The quantitative estimate of drug-likeness (QED) is 0.445. The number of hydrogen-bond donors (Lipinski definition) is 1. The van der Waals surface area contributed by atoms with Gasteiger partial charge in [-0.05, 0) is 38.5 Å². The topological polar surface area (TPSA) is 52.9 Å². The normalized spacial score (nSPS) is 11.7. The Morgan fingerprint density at radius 2 is 1.94 bits per heavy atom. The van der Waals surface area contributed by atoms with Crippen molar-refractivity contribution in [2.45, 2.75) is 47.0 Å². The zero-order valence-corrected chi connectivity index (χ0v) is 12.1. The molecule has 0 radical (unpaired) electrons. The lowest BCUT2D eigenvalue weighted by Gasteiger charge is -2.22. The van der Waals surface area contributed by atoms with E-state index in [1.165, 1.54) is 12.6 Å². The number of nitriles is 1. The summed E-state index contributed by atoms with van der Waals surface area (Å²) in [7, 11) is 1.54. The van der Waals surface area contributed by atoms with Crippen LogP contribution in [0.25, 0.3) is 0 Å². The Kier molecular flexibility index (Phi) is 7.04. The van der Waals surface area contributed by atoms with E-state index in [1.54, 1.807) is 6.08 Å². The molecule has 0 saturated carbocycles. The maximum absolute atomic E-state index is 11.4. The number of amides is 1. The molecule has 0 unspecified atom stereocenters. The van der Waals surface area contributed by atoms with Gasteiger partial charge >= 0.3 is 0 Å². The molecule has 0 aromatic rings. The number of allylic oxidation sites excluding steroid dienone is 3. The fourth-order valence-corrected chi connectivity index (χ4v) is 1.56. The van der Waals surface area contributed by atoms with Crippen molar-refractivity contribution in [2.24, 2.45) is 5.41 Å². The Labute approximate surface area is 111 Å². The Morgan fingerprint density at radius 1 is 1.33 bits per heavy atom. The van der Waals surface area contributed by atoms with Crippen molar-refractivity contribution in [1.29, 1.82) is 5.26 Å². The summed E-state index contributed by atoms with van der Waals surface area (Å²) in [4.78, 5) is 11.4. The third-order valence-electron chi connectivity index (χ3n) is 2.82. The van der Waals surface area contributed by atoms with E-state index in [-0.39, 0.29) is 16.9 Å². The van der Waals surface area contributed by atoms with Crippen LogP contribution in [0.4, 0.5) is 0 Å². The summed E-state index contributed by atoms with van der Waals surface area (Å²) < 4.78 is 0. The summed E-state index contributed by atoms with van der Waals surface area (Å²) >= 11 is 0. The molecule has 0 bridgehead atoms. The molecular weight excluding hydrogens is 224 g/mol. The van der Waals surface area contributed by atoms with Crippen LogP contribution in [-0.2, 0) is 4.79 Å². The van der Waals surface area contributed by atoms with Gasteiger partial charge in [-0.25, -0.2) is 0 Å². The lowest BCUT2D eigenvalue weighted by Crippen LogP contribution is -2.20. The minimum atomic E-state index is -0.308. The first-order valence-electron chi connectivity index (χ1n) is 6.28. The lowest BCUT2D eigenvalue weighted by atomic mass is 9.83. The van der Waals surface area contributed by atoms with Crippen LogP contribution < -0.4 is 5.32 Å². The van der Waals surface area contributed by atoms with E-state index >= 15 is 0 Å². The van der Waals surface area contributed by atoms with Gasteiger partial charge in [0, 0.05) is 7.05 Å². The molecular formula is C15H24N2O. The van der Waals surface area contributed by atoms with Crippen LogP contribution in [0, 0.1) is 16.7 Å². The first-order chi connectivity index (χ1) is 8.32. The predicted molar refractivity (Wildman–Crippen MR) is 74.8 cm³/mol. The molecule has 0 aromatic carbocycles. The van der Waals surface area contributed by atoms with Crippen molar-refractivity contribution in [3.05, 3.63) is 23.3 Å². The van der Waals surface area contributed by atoms with Gasteiger partial charge in [0.05, 0.1) is 0 Å². The Bertz CT molecular complexity index is 380. The standard InChI is InChI=1S/C15H24N2O/c1-12(2)7-6-9-15(3,4)10-8-13(11-16)14(18)17-5/h7-8H,6,9-10H2,1-5H3,(H,17,18)/b13-8+. The molecule has 0 spiro atoms. The fourth-order valence-electron chi connectivity index (χ4n) is 1.56. The van der Waals surface area contributed by atoms with Crippen molar-refractivity contribution in [3.63, 3.8) is 0 Å². The van der Waals surface area contributed by atoms with E-state index in [9.17, 15) is 4.79 Å². The smallest absolute Gasteiger partial charge is 0.261 e. The summed E-state index contributed by atoms with van der Waals surface area (Å²) in [5, 5.41) is 11.4. The summed E-state index contributed by atoms with van der Waals surface area (Å²) in [5.74, 6) is -0.308. The third kappa shape index (κ3) is 6.90. The van der Waals surface area contributed by atoms with E-state index in [1.807, 2.05) is 6.07 Å². The van der Waals surface area contributed by atoms with Crippen molar-refractivity contribution >= 4 is 5.91 Å². The highest BCUT2D eigenvalue weighted by Gasteiger charge is 2.17. The predicted octanol–water partition coefficient (Wildman–Crippen LogP) is 3.35. The van der Waals surface area contributed by atoms with E-state index in [2.05, 4.69) is 39.1 Å². The monoisotopic (exact) mass is 248 g/mol. The molecule has 1 N–H and O–H groups in total. The Morgan fingerprint density at radius 3 is 2.39 bits per heavy atom. The summed E-state index contributed by atoms with van der Waals surface area (Å²) in [6.45, 7) is 8.49. The largest absolute Gasteiger partial charge is 0.354 e. The lowest BCUT2D eigenvalue weighted by molar-refractivity contribution is -0.116. The highest BCUT2D eigenvalue weighted by atomic mass is 16.1. The van der Waals surface area contributed by atoms with Gasteiger partial charge in [-0.3, -0.25) is 4.79 Å². The van der Waals surface area contributed by atoms with E-state index in [0.717, 1.165) is 19.3 Å². The van der Waals surface area contributed by atoms with Crippen LogP contribution >= 0.6 is 0 Å². The average molecular weight is 248 g/mol. The molecule has 1 amide bonds. The third-order valence-corrected chi connectivity index (χ3v) is 2.82. The van der Waals surface area contributed by atoms with Gasteiger partial charge in [0.2, 0.25) is 0 Å². The SMILES string of the molecule is CNC(=O)/C(C#N)=C/CC(C)(C)CCC=C(C)C. The van der Waals surface area contributed by atoms with Crippen LogP contribution in [0.5, 0.6) is 0 Å². The number of rotatable bonds is 6. The summed E-state index contributed by atoms with van der Waals surface area (Å²) in [6.07, 6.45) is 6.77. The molecule has 0 atom stereocenters. The molecule has 0 saturated heterocycles. The second kappa shape index (κ2) is 7.71. The first kappa shape index (κ1) is 16.4. The Hall–Kier alpha value is -1.56. The minimum Gasteiger partial charge on any atom is -0.354 e. The van der Waals surface area contributed by atoms with Crippen LogP contribution in [-0.4, -0.2) is 13.0 Å². The van der Waals surface area contributed by atoms with Gasteiger partial charge in [-0.15, -0.1) is 0 Å². The van der Waals surface area contributed by atoms with Crippen LogP contribution in [0.3, 0.4) is 0 Å². The molecule has 0 heterocycles. The average Bonchev–Trinajstić information content (AvgIpc) is 2.28. The second-order valence-corrected chi connectivity index (χ2v) is 5.50. The van der Waals surface area contributed by atoms with Gasteiger partial charge in [0.1, 0.15) is 11.6 Å². The van der Waals surface area contributed by atoms with Crippen LogP contribution in [0.2, 0.25) is 0 Å². The van der Waals surface area contributed by atoms with Crippen molar-refractivity contribution < 1.29 is 4.79 Å². The zero-order valence-electron chi connectivity index (χ0n) is 12.1. The van der Waals surface area contributed by atoms with Gasteiger partial charge in [0.15, 0.2) is 0 Å². The highest BCUT2D eigenvalue weighted by molar-refractivity contribution is 5.96. The first-order valence-corrected chi connectivity index (χ1v) is 6.28. The van der Waals surface area contributed by atoms with E-state index in [4.69, 9.17) is 5.26 Å². The molecule has 0 aliphatic carbocycles. The molecule has 3 nitrogen and oxygen atoms in total. The zero-order chi connectivity index (χ0) is 14.2. The molecule has 0 aliphatic heterocycles. The van der Waals surface area contributed by atoms with E-state index < -0.39 is 0 Å². The van der Waals surface area contributed by atoms with Gasteiger partial charge in [-0.1, -0.05) is 31.6 Å². The maximum Gasteiger partial charge on any atom is 0.261 e. The molecule has 0 aliphatic rings. The van der Waals surface area contributed by atoms with Gasteiger partial charge < -0.3 is 5.32 Å². The molecule has 0 rings (SSSR count). The minimum absolute atomic E-state index is 0.0993.